The first-order chi connectivity index (χ1) is 7.29. The summed E-state index contributed by atoms with van der Waals surface area (Å²) in [7, 11) is 1.58. The summed E-state index contributed by atoms with van der Waals surface area (Å²) in [5.74, 6) is 2.15. The summed E-state index contributed by atoms with van der Waals surface area (Å²) in [6, 6.07) is 3.70. The van der Waals surface area contributed by atoms with Crippen molar-refractivity contribution in [3.8, 4) is 5.88 Å². The van der Waals surface area contributed by atoms with Crippen LogP contribution in [-0.2, 0) is 0 Å². The molecule has 1 aromatic rings. The minimum Gasteiger partial charge on any atom is -0.479 e. The lowest BCUT2D eigenvalue weighted by molar-refractivity contribution is 0.333. The Morgan fingerprint density at radius 3 is 2.93 bits per heavy atom. The number of ether oxygens (including phenoxy) is 1. The highest BCUT2D eigenvalue weighted by atomic mass is 16.5. The van der Waals surface area contributed by atoms with Gasteiger partial charge in [0.15, 0.2) is 0 Å². The Morgan fingerprint density at radius 2 is 2.33 bits per heavy atom. The number of methoxy groups -OCH3 is 1. The van der Waals surface area contributed by atoms with Crippen LogP contribution in [0.3, 0.4) is 0 Å². The highest BCUT2D eigenvalue weighted by Crippen LogP contribution is 2.27. The lowest BCUT2D eigenvalue weighted by Gasteiger charge is -2.25. The number of anilines is 2. The number of nitrogens with one attached hydrogen (secondary N) is 1. The van der Waals surface area contributed by atoms with Crippen LogP contribution in [-0.4, -0.2) is 18.6 Å². The molecule has 1 aliphatic rings. The van der Waals surface area contributed by atoms with Gasteiger partial charge < -0.3 is 15.8 Å². The van der Waals surface area contributed by atoms with Gasteiger partial charge in [0.1, 0.15) is 5.82 Å². The highest BCUT2D eigenvalue weighted by Gasteiger charge is 2.16. The van der Waals surface area contributed by atoms with Gasteiger partial charge >= 0.3 is 0 Å². The average Bonchev–Trinajstić information content (AvgIpc) is 2.18. The third-order valence-corrected chi connectivity index (χ3v) is 2.88. The molecule has 4 heteroatoms. The Morgan fingerprint density at radius 1 is 1.53 bits per heavy atom. The van der Waals surface area contributed by atoms with Gasteiger partial charge in [0.2, 0.25) is 5.88 Å². The SMILES string of the molecule is COc1nc(NCC2CCC2)ccc1N. The molecule has 4 nitrogen and oxygen atoms in total. The molecule has 1 saturated carbocycles. The Bertz CT molecular complexity index is 337. The maximum Gasteiger partial charge on any atom is 0.238 e. The van der Waals surface area contributed by atoms with E-state index in [1.54, 1.807) is 7.11 Å². The van der Waals surface area contributed by atoms with Crippen molar-refractivity contribution in [3.05, 3.63) is 12.1 Å². The molecule has 0 unspecified atom stereocenters. The standard InChI is InChI=1S/C11H17N3O/c1-15-11-9(12)5-6-10(14-11)13-7-8-3-2-4-8/h5-6,8H,2-4,7,12H2,1H3,(H,13,14). The van der Waals surface area contributed by atoms with Crippen molar-refractivity contribution >= 4 is 11.5 Å². The second-order valence-corrected chi connectivity index (χ2v) is 3.97. The second kappa shape index (κ2) is 4.38. The maximum absolute atomic E-state index is 5.68. The van der Waals surface area contributed by atoms with E-state index in [-0.39, 0.29) is 0 Å². The van der Waals surface area contributed by atoms with E-state index < -0.39 is 0 Å². The summed E-state index contributed by atoms with van der Waals surface area (Å²) >= 11 is 0. The van der Waals surface area contributed by atoms with E-state index in [1.807, 2.05) is 12.1 Å². The Balaban J connectivity index is 1.95. The normalized spacial score (nSPS) is 15.8. The van der Waals surface area contributed by atoms with Crippen molar-refractivity contribution in [2.45, 2.75) is 19.3 Å². The molecule has 0 amide bonds. The molecule has 1 heterocycles. The minimum atomic E-state index is 0.494. The number of nitrogens with two attached hydrogens (primary N) is 1. The summed E-state index contributed by atoms with van der Waals surface area (Å²) in [5.41, 5.74) is 6.25. The third kappa shape index (κ3) is 2.32. The zero-order valence-corrected chi connectivity index (χ0v) is 8.99. The number of nitrogen functional groups attached to an aromatic ring is 1. The van der Waals surface area contributed by atoms with Crippen LogP contribution in [0.4, 0.5) is 11.5 Å². The molecular formula is C11H17N3O. The molecule has 0 bridgehead atoms. The van der Waals surface area contributed by atoms with Gasteiger partial charge in [0.05, 0.1) is 12.8 Å². The molecular weight excluding hydrogens is 190 g/mol. The van der Waals surface area contributed by atoms with E-state index in [0.29, 0.717) is 11.6 Å². The number of hydrogen-bond acceptors (Lipinski definition) is 4. The topological polar surface area (TPSA) is 60.2 Å². The minimum absolute atomic E-state index is 0.494. The fraction of sp³-hybridized carbons (Fsp3) is 0.545. The number of rotatable bonds is 4. The van der Waals surface area contributed by atoms with Gasteiger partial charge in [0, 0.05) is 6.54 Å². The van der Waals surface area contributed by atoms with Gasteiger partial charge in [0.25, 0.3) is 0 Å². The lowest BCUT2D eigenvalue weighted by Crippen LogP contribution is -2.21. The smallest absolute Gasteiger partial charge is 0.238 e. The molecule has 0 spiro atoms. The molecule has 0 saturated heterocycles. The average molecular weight is 207 g/mol. The highest BCUT2D eigenvalue weighted by molar-refractivity contribution is 5.53. The molecule has 82 valence electrons. The van der Waals surface area contributed by atoms with Gasteiger partial charge in [-0.3, -0.25) is 0 Å². The van der Waals surface area contributed by atoms with Crippen LogP contribution in [0.2, 0.25) is 0 Å². The van der Waals surface area contributed by atoms with Crippen molar-refractivity contribution in [2.24, 2.45) is 5.92 Å². The van der Waals surface area contributed by atoms with Crippen LogP contribution in [0, 0.1) is 5.92 Å². The fourth-order valence-electron chi connectivity index (χ4n) is 1.66. The molecule has 15 heavy (non-hydrogen) atoms. The van der Waals surface area contributed by atoms with Crippen molar-refractivity contribution in [1.29, 1.82) is 0 Å². The van der Waals surface area contributed by atoms with E-state index in [4.69, 9.17) is 10.5 Å². The molecule has 0 aliphatic heterocycles. The van der Waals surface area contributed by atoms with E-state index >= 15 is 0 Å². The molecule has 3 N–H and O–H groups in total. The van der Waals surface area contributed by atoms with E-state index in [2.05, 4.69) is 10.3 Å². The van der Waals surface area contributed by atoms with E-state index in [0.717, 1.165) is 18.3 Å². The quantitative estimate of drug-likeness (QED) is 0.791. The number of nitrogens with zero attached hydrogens (tertiary/aromatic N) is 1. The first-order valence-corrected chi connectivity index (χ1v) is 5.34. The van der Waals surface area contributed by atoms with Crippen LogP contribution in [0.25, 0.3) is 0 Å². The van der Waals surface area contributed by atoms with Gasteiger partial charge in [-0.05, 0) is 30.9 Å². The zero-order chi connectivity index (χ0) is 10.7. The summed E-state index contributed by atoms with van der Waals surface area (Å²) in [4.78, 5) is 4.26. The second-order valence-electron chi connectivity index (χ2n) is 3.97. The molecule has 0 radical (unpaired) electrons. The monoisotopic (exact) mass is 207 g/mol. The van der Waals surface area contributed by atoms with Crippen molar-refractivity contribution in [3.63, 3.8) is 0 Å². The molecule has 1 aliphatic carbocycles. The Labute approximate surface area is 89.8 Å². The molecule has 1 fully saturated rings. The summed E-state index contributed by atoms with van der Waals surface area (Å²) in [6.07, 6.45) is 4.03. The van der Waals surface area contributed by atoms with Gasteiger partial charge in [-0.25, -0.2) is 0 Å². The zero-order valence-electron chi connectivity index (χ0n) is 8.99. The van der Waals surface area contributed by atoms with Crippen LogP contribution < -0.4 is 15.8 Å². The summed E-state index contributed by atoms with van der Waals surface area (Å²) < 4.78 is 5.06. The fourth-order valence-corrected chi connectivity index (χ4v) is 1.66. The predicted molar refractivity (Wildman–Crippen MR) is 61.0 cm³/mol. The van der Waals surface area contributed by atoms with Crippen LogP contribution >= 0.6 is 0 Å². The van der Waals surface area contributed by atoms with E-state index in [9.17, 15) is 0 Å². The molecule has 2 rings (SSSR count). The summed E-state index contributed by atoms with van der Waals surface area (Å²) in [5, 5.41) is 3.30. The largest absolute Gasteiger partial charge is 0.479 e. The van der Waals surface area contributed by atoms with Gasteiger partial charge in [-0.1, -0.05) is 6.42 Å². The number of pyridine rings is 1. The van der Waals surface area contributed by atoms with Crippen molar-refractivity contribution in [1.82, 2.24) is 4.98 Å². The summed E-state index contributed by atoms with van der Waals surface area (Å²) in [6.45, 7) is 1.00. The number of hydrogen-bond donors (Lipinski definition) is 2. The molecule has 1 aromatic heterocycles. The Kier molecular flexibility index (Phi) is 2.94. The maximum atomic E-state index is 5.68. The van der Waals surface area contributed by atoms with Gasteiger partial charge in [-0.2, -0.15) is 4.98 Å². The first-order valence-electron chi connectivity index (χ1n) is 5.34. The molecule has 0 aromatic carbocycles. The third-order valence-electron chi connectivity index (χ3n) is 2.88. The van der Waals surface area contributed by atoms with Crippen molar-refractivity contribution < 1.29 is 4.74 Å². The molecule has 0 atom stereocenters. The lowest BCUT2D eigenvalue weighted by atomic mass is 9.85. The van der Waals surface area contributed by atoms with Crippen LogP contribution in [0.1, 0.15) is 19.3 Å². The van der Waals surface area contributed by atoms with Crippen LogP contribution in [0.15, 0.2) is 12.1 Å². The van der Waals surface area contributed by atoms with E-state index in [1.165, 1.54) is 19.3 Å². The predicted octanol–water partition coefficient (Wildman–Crippen LogP) is 1.88. The van der Waals surface area contributed by atoms with Gasteiger partial charge in [-0.15, -0.1) is 0 Å². The number of aromatic nitrogens is 1. The van der Waals surface area contributed by atoms with Crippen LogP contribution in [0.5, 0.6) is 5.88 Å². The first kappa shape index (κ1) is 10.1. The van der Waals surface area contributed by atoms with Crippen molar-refractivity contribution in [2.75, 3.05) is 24.7 Å². The Hall–Kier alpha value is -1.45.